The predicted octanol–water partition coefficient (Wildman–Crippen LogP) is 4.84. The topological polar surface area (TPSA) is 103 Å². The van der Waals surface area contributed by atoms with Crippen LogP contribution in [0.15, 0.2) is 108 Å². The molecule has 1 heterocycles. The maximum absolute atomic E-state index is 14.4. The number of nitrogens with one attached hydrogen (secondary N) is 1. The first kappa shape index (κ1) is 25.6. The summed E-state index contributed by atoms with van der Waals surface area (Å²) in [7, 11) is 0. The lowest BCUT2D eigenvalue weighted by Gasteiger charge is -2.52. The van der Waals surface area contributed by atoms with Gasteiger partial charge in [-0.15, -0.1) is 0 Å². The van der Waals surface area contributed by atoms with E-state index in [1.54, 1.807) is 30.5 Å². The van der Waals surface area contributed by atoms with E-state index in [1.807, 2.05) is 78.9 Å². The first-order chi connectivity index (χ1) is 20.6. The SMILES string of the molecule is N#Cc1ccccc1N1C(=O)[C@@H]2[C@@H](C1=O)C1c3ccccc3C2(/C=N\NC(=O)CCc2ccccc2)c2ccccc21. The summed E-state index contributed by atoms with van der Waals surface area (Å²) in [6.45, 7) is 0. The van der Waals surface area contributed by atoms with Crippen LogP contribution in [-0.4, -0.2) is 23.9 Å². The number of carbonyl (C=O) groups excluding carboxylic acids is 3. The van der Waals surface area contributed by atoms with Crippen molar-refractivity contribution in [3.63, 3.8) is 0 Å². The van der Waals surface area contributed by atoms with Crippen LogP contribution in [0.2, 0.25) is 0 Å². The molecule has 4 aromatic rings. The van der Waals surface area contributed by atoms with E-state index in [4.69, 9.17) is 0 Å². The van der Waals surface area contributed by atoms with E-state index < -0.39 is 17.3 Å². The minimum absolute atomic E-state index is 0.243. The van der Waals surface area contributed by atoms with E-state index in [0.717, 1.165) is 27.8 Å². The lowest BCUT2D eigenvalue weighted by atomic mass is 9.47. The van der Waals surface area contributed by atoms with Crippen molar-refractivity contribution in [1.82, 2.24) is 5.43 Å². The second-order valence-electron chi connectivity index (χ2n) is 10.9. The Bertz CT molecular complexity index is 1780. The van der Waals surface area contributed by atoms with Crippen molar-refractivity contribution < 1.29 is 14.4 Å². The van der Waals surface area contributed by atoms with Crippen molar-refractivity contribution in [3.05, 3.63) is 137 Å². The van der Waals surface area contributed by atoms with Crippen LogP contribution in [0.1, 0.15) is 45.7 Å². The number of anilines is 1. The highest BCUT2D eigenvalue weighted by Gasteiger charge is 2.68. The molecule has 3 aliphatic carbocycles. The zero-order valence-electron chi connectivity index (χ0n) is 22.6. The normalized spacial score (nSPS) is 23.3. The molecule has 1 saturated heterocycles. The number of carbonyl (C=O) groups is 3. The quantitative estimate of drug-likeness (QED) is 0.211. The maximum atomic E-state index is 14.4. The zero-order valence-corrected chi connectivity index (χ0v) is 22.6. The van der Waals surface area contributed by atoms with Gasteiger partial charge < -0.3 is 0 Å². The van der Waals surface area contributed by atoms with E-state index >= 15 is 0 Å². The highest BCUT2D eigenvalue weighted by molar-refractivity contribution is 6.25. The predicted molar refractivity (Wildman–Crippen MR) is 158 cm³/mol. The van der Waals surface area contributed by atoms with Gasteiger partial charge >= 0.3 is 0 Å². The number of hydrazone groups is 1. The van der Waals surface area contributed by atoms with Gasteiger partial charge in [-0.2, -0.15) is 10.4 Å². The van der Waals surface area contributed by atoms with Gasteiger partial charge in [-0.3, -0.25) is 14.4 Å². The Labute approximate surface area is 243 Å². The number of hydrogen-bond donors (Lipinski definition) is 1. The van der Waals surface area contributed by atoms with E-state index in [-0.39, 0.29) is 35.6 Å². The van der Waals surface area contributed by atoms with Crippen LogP contribution in [0.3, 0.4) is 0 Å². The molecule has 42 heavy (non-hydrogen) atoms. The maximum Gasteiger partial charge on any atom is 0.240 e. The summed E-state index contributed by atoms with van der Waals surface area (Å²) < 4.78 is 0. The summed E-state index contributed by atoms with van der Waals surface area (Å²) in [6.07, 6.45) is 2.49. The van der Waals surface area contributed by atoms with Crippen LogP contribution in [0.4, 0.5) is 5.69 Å². The second-order valence-corrected chi connectivity index (χ2v) is 10.9. The van der Waals surface area contributed by atoms with Crippen molar-refractivity contribution in [2.75, 3.05) is 4.90 Å². The fraction of sp³-hybridized carbons (Fsp3) is 0.171. The zero-order chi connectivity index (χ0) is 28.8. The van der Waals surface area contributed by atoms with E-state index in [0.29, 0.717) is 12.1 Å². The molecular formula is C35H26N4O3. The van der Waals surface area contributed by atoms with Crippen molar-refractivity contribution in [1.29, 1.82) is 5.26 Å². The number of rotatable bonds is 6. The number of amides is 3. The molecule has 7 nitrogen and oxygen atoms in total. The van der Waals surface area contributed by atoms with Crippen LogP contribution >= 0.6 is 0 Å². The van der Waals surface area contributed by atoms with Gasteiger partial charge in [0.25, 0.3) is 0 Å². The minimum Gasteiger partial charge on any atom is -0.274 e. The molecule has 1 N–H and O–H groups in total. The number of aryl methyl sites for hydroxylation is 1. The monoisotopic (exact) mass is 550 g/mol. The third-order valence-corrected chi connectivity index (χ3v) is 8.89. The number of hydrogen-bond acceptors (Lipinski definition) is 5. The molecule has 204 valence electrons. The first-order valence-electron chi connectivity index (χ1n) is 14.0. The van der Waals surface area contributed by atoms with E-state index in [2.05, 4.69) is 16.6 Å². The number of nitriles is 1. The summed E-state index contributed by atoms with van der Waals surface area (Å²) in [5.41, 5.74) is 6.92. The number of imide groups is 1. The Kier molecular flexibility index (Phi) is 6.05. The highest BCUT2D eigenvalue weighted by atomic mass is 16.2. The van der Waals surface area contributed by atoms with Crippen LogP contribution in [0.5, 0.6) is 0 Å². The average molecular weight is 551 g/mol. The van der Waals surface area contributed by atoms with Crippen molar-refractivity contribution >= 4 is 29.6 Å². The lowest BCUT2D eigenvalue weighted by Crippen LogP contribution is -2.54. The summed E-state index contributed by atoms with van der Waals surface area (Å²) in [6, 6.07) is 34.3. The molecule has 0 unspecified atom stereocenters. The van der Waals surface area contributed by atoms with Gasteiger partial charge in [-0.05, 0) is 46.4 Å². The van der Waals surface area contributed by atoms with Gasteiger partial charge in [0.15, 0.2) is 0 Å². The number of nitrogens with zero attached hydrogens (tertiary/aromatic N) is 3. The van der Waals surface area contributed by atoms with Gasteiger partial charge in [0, 0.05) is 18.6 Å². The minimum atomic E-state index is -1.09. The van der Waals surface area contributed by atoms with Gasteiger partial charge in [-0.25, -0.2) is 10.3 Å². The largest absolute Gasteiger partial charge is 0.274 e. The highest BCUT2D eigenvalue weighted by Crippen LogP contribution is 2.63. The molecule has 1 aliphatic heterocycles. The fourth-order valence-corrected chi connectivity index (χ4v) is 7.21. The summed E-state index contributed by atoms with van der Waals surface area (Å²) in [5, 5.41) is 14.2. The van der Waals surface area contributed by atoms with Gasteiger partial charge in [0.1, 0.15) is 6.07 Å². The average Bonchev–Trinajstić information content (AvgIpc) is 3.31. The Morgan fingerprint density at radius 1 is 0.857 bits per heavy atom. The van der Waals surface area contributed by atoms with E-state index in [9.17, 15) is 19.6 Å². The molecule has 4 aliphatic rings. The van der Waals surface area contributed by atoms with Crippen LogP contribution in [0, 0.1) is 23.2 Å². The molecule has 3 amide bonds. The van der Waals surface area contributed by atoms with Crippen molar-refractivity contribution in [2.24, 2.45) is 16.9 Å². The number of para-hydroxylation sites is 1. The molecule has 2 atom stereocenters. The van der Waals surface area contributed by atoms with Crippen LogP contribution in [0.25, 0.3) is 0 Å². The van der Waals surface area contributed by atoms with Gasteiger partial charge in [0.05, 0.1) is 28.5 Å². The van der Waals surface area contributed by atoms with Crippen molar-refractivity contribution in [2.45, 2.75) is 24.2 Å². The lowest BCUT2D eigenvalue weighted by molar-refractivity contribution is -0.123. The molecule has 2 bridgehead atoms. The van der Waals surface area contributed by atoms with Crippen molar-refractivity contribution in [3.8, 4) is 6.07 Å². The molecular weight excluding hydrogens is 524 g/mol. The molecule has 0 radical (unpaired) electrons. The number of benzene rings is 4. The molecule has 4 aromatic carbocycles. The Balaban J connectivity index is 1.33. The second kappa shape index (κ2) is 9.93. The van der Waals surface area contributed by atoms with E-state index in [1.165, 1.54) is 4.90 Å². The standard InChI is InChI=1S/C35H26N4O3/c36-20-23-12-4-9-17-28(23)39-33(41)31-30-24-13-5-7-15-26(24)35(32(31)34(39)42,27-16-8-6-14-25(27)30)21-37-38-29(40)19-18-22-10-2-1-3-11-22/h1-17,21,30-32H,18-19H2,(H,38,40)/b37-21-/t30?,31-,32-,35?/m0/s1. The van der Waals surface area contributed by atoms with Crippen LogP contribution < -0.4 is 10.3 Å². The smallest absolute Gasteiger partial charge is 0.240 e. The summed E-state index contributed by atoms with van der Waals surface area (Å²) in [4.78, 5) is 42.7. The summed E-state index contributed by atoms with van der Waals surface area (Å²) >= 11 is 0. The summed E-state index contributed by atoms with van der Waals surface area (Å²) in [5.74, 6) is -2.75. The Hall–Kier alpha value is -5.35. The van der Waals surface area contributed by atoms with Crippen LogP contribution in [-0.2, 0) is 26.2 Å². The molecule has 0 spiro atoms. The van der Waals surface area contributed by atoms with Gasteiger partial charge in [-0.1, -0.05) is 91.0 Å². The molecule has 0 aromatic heterocycles. The molecule has 7 heteroatoms. The molecule has 1 fully saturated rings. The third-order valence-electron chi connectivity index (χ3n) is 8.89. The third kappa shape index (κ3) is 3.65. The Morgan fingerprint density at radius 3 is 2.17 bits per heavy atom. The first-order valence-corrected chi connectivity index (χ1v) is 14.0. The Morgan fingerprint density at radius 2 is 1.48 bits per heavy atom. The molecule has 0 saturated carbocycles. The fourth-order valence-electron chi connectivity index (χ4n) is 7.21. The molecule has 8 rings (SSSR count). The van der Waals surface area contributed by atoms with Gasteiger partial charge in [0.2, 0.25) is 17.7 Å².